The Kier molecular flexibility index (Phi) is 6.07. The van der Waals surface area contributed by atoms with Gasteiger partial charge in [-0.1, -0.05) is 13.0 Å². The second-order valence-electron chi connectivity index (χ2n) is 5.29. The van der Waals surface area contributed by atoms with E-state index in [2.05, 4.69) is 0 Å². The van der Waals surface area contributed by atoms with Crippen LogP contribution in [0.4, 0.5) is 0 Å². The first kappa shape index (κ1) is 16.6. The topological polar surface area (TPSA) is 69.7 Å². The van der Waals surface area contributed by atoms with Crippen LogP contribution >= 0.6 is 0 Å². The molecule has 0 amide bonds. The molecule has 0 aromatic heterocycles. The minimum Gasteiger partial charge on any atom is -0.466 e. The van der Waals surface area contributed by atoms with E-state index in [-0.39, 0.29) is 42.6 Å². The normalized spacial score (nSPS) is 27.2. The van der Waals surface area contributed by atoms with Gasteiger partial charge in [0.25, 0.3) is 0 Å². The van der Waals surface area contributed by atoms with Crippen molar-refractivity contribution >= 4 is 17.5 Å². The molecule has 0 N–H and O–H groups in total. The summed E-state index contributed by atoms with van der Waals surface area (Å²) in [4.78, 5) is 35.0. The number of esters is 1. The van der Waals surface area contributed by atoms with Crippen LogP contribution < -0.4 is 0 Å². The summed E-state index contributed by atoms with van der Waals surface area (Å²) < 4.78 is 10.1. The lowest BCUT2D eigenvalue weighted by atomic mass is 9.69. The number of hydrogen-bond acceptors (Lipinski definition) is 5. The Morgan fingerprint density at radius 2 is 2.00 bits per heavy atom. The molecule has 0 fully saturated rings. The van der Waals surface area contributed by atoms with Gasteiger partial charge in [0.05, 0.1) is 19.1 Å². The van der Waals surface area contributed by atoms with Gasteiger partial charge in [0.15, 0.2) is 5.78 Å². The average Bonchev–Trinajstić information content (AvgIpc) is 2.37. The molecule has 5 heteroatoms. The van der Waals surface area contributed by atoms with Gasteiger partial charge >= 0.3 is 5.97 Å². The highest BCUT2D eigenvalue weighted by molar-refractivity contribution is 5.96. The molecule has 112 valence electrons. The minimum absolute atomic E-state index is 0.0655. The summed E-state index contributed by atoms with van der Waals surface area (Å²) in [6, 6.07) is 0. The van der Waals surface area contributed by atoms with Crippen molar-refractivity contribution in [3.63, 3.8) is 0 Å². The van der Waals surface area contributed by atoms with E-state index in [1.54, 1.807) is 6.08 Å². The van der Waals surface area contributed by atoms with Crippen molar-refractivity contribution in [2.45, 2.75) is 20.8 Å². The SMILES string of the molecule is COC[C@@H](C(C)=O)[C@H]1C(=O)C=C[C@@H](C)[C@H]1COC(C)=O. The zero-order valence-corrected chi connectivity index (χ0v) is 12.4. The molecule has 0 saturated heterocycles. The smallest absolute Gasteiger partial charge is 0.302 e. The van der Waals surface area contributed by atoms with E-state index >= 15 is 0 Å². The number of methoxy groups -OCH3 is 1. The third-order valence-electron chi connectivity index (χ3n) is 3.81. The summed E-state index contributed by atoms with van der Waals surface area (Å²) in [6.45, 7) is 5.09. The Balaban J connectivity index is 3.00. The van der Waals surface area contributed by atoms with Crippen LogP contribution in [-0.2, 0) is 23.9 Å². The molecular weight excluding hydrogens is 260 g/mol. The van der Waals surface area contributed by atoms with Gasteiger partial charge < -0.3 is 9.47 Å². The first-order valence-electron chi connectivity index (χ1n) is 6.73. The Bertz CT molecular complexity index is 412. The van der Waals surface area contributed by atoms with Gasteiger partial charge in [-0.15, -0.1) is 0 Å². The largest absolute Gasteiger partial charge is 0.466 e. The maximum absolute atomic E-state index is 12.2. The Labute approximate surface area is 119 Å². The number of rotatable bonds is 6. The molecule has 1 aliphatic rings. The van der Waals surface area contributed by atoms with E-state index in [0.717, 1.165) is 0 Å². The van der Waals surface area contributed by atoms with Gasteiger partial charge in [0.1, 0.15) is 5.78 Å². The van der Waals surface area contributed by atoms with E-state index in [1.165, 1.54) is 27.0 Å². The second kappa shape index (κ2) is 7.33. The van der Waals surface area contributed by atoms with Crippen molar-refractivity contribution in [1.29, 1.82) is 0 Å². The number of allylic oxidation sites excluding steroid dienone is 2. The number of Topliss-reactive ketones (excluding diaryl/α,β-unsaturated/α-hetero) is 1. The van der Waals surface area contributed by atoms with Crippen molar-refractivity contribution in [2.75, 3.05) is 20.3 Å². The van der Waals surface area contributed by atoms with E-state index < -0.39 is 11.8 Å². The van der Waals surface area contributed by atoms with Crippen LogP contribution in [-0.4, -0.2) is 37.9 Å². The highest BCUT2D eigenvalue weighted by Crippen LogP contribution is 2.34. The highest BCUT2D eigenvalue weighted by atomic mass is 16.5. The molecule has 1 aliphatic carbocycles. The third kappa shape index (κ3) is 4.00. The summed E-state index contributed by atoms with van der Waals surface area (Å²) in [5, 5.41) is 0. The highest BCUT2D eigenvalue weighted by Gasteiger charge is 2.41. The average molecular weight is 282 g/mol. The molecule has 0 radical (unpaired) electrons. The summed E-state index contributed by atoms with van der Waals surface area (Å²) in [5.41, 5.74) is 0. The molecule has 0 saturated carbocycles. The first-order valence-corrected chi connectivity index (χ1v) is 6.73. The zero-order valence-electron chi connectivity index (χ0n) is 12.4. The molecule has 0 bridgehead atoms. The number of carbonyl (C=O) groups is 3. The van der Waals surface area contributed by atoms with Crippen LogP contribution in [0.1, 0.15) is 20.8 Å². The maximum atomic E-state index is 12.2. The van der Waals surface area contributed by atoms with Gasteiger partial charge in [0, 0.05) is 25.9 Å². The standard InChI is InChI=1S/C15H22O5/c1-9-5-6-14(18)15(12(9)8-20-11(3)17)13(7-19-4)10(2)16/h5-6,9,12-13,15H,7-8H2,1-4H3/t9-,12-,13+,15+/m1/s1. The quantitative estimate of drug-likeness (QED) is 0.689. The van der Waals surface area contributed by atoms with Gasteiger partial charge in [-0.2, -0.15) is 0 Å². The van der Waals surface area contributed by atoms with E-state index in [0.29, 0.717) is 0 Å². The molecule has 0 unspecified atom stereocenters. The fraction of sp³-hybridized carbons (Fsp3) is 0.667. The van der Waals surface area contributed by atoms with Crippen LogP contribution in [0.3, 0.4) is 0 Å². The summed E-state index contributed by atoms with van der Waals surface area (Å²) in [7, 11) is 1.50. The molecule has 20 heavy (non-hydrogen) atoms. The summed E-state index contributed by atoms with van der Waals surface area (Å²) in [6.07, 6.45) is 3.32. The van der Waals surface area contributed by atoms with E-state index in [9.17, 15) is 14.4 Å². The predicted octanol–water partition coefficient (Wildman–Crippen LogP) is 1.41. The number of hydrogen-bond donors (Lipinski definition) is 0. The van der Waals surface area contributed by atoms with E-state index in [1.807, 2.05) is 6.92 Å². The van der Waals surface area contributed by atoms with E-state index in [4.69, 9.17) is 9.47 Å². The molecule has 0 aromatic carbocycles. The van der Waals surface area contributed by atoms with Crippen molar-refractivity contribution < 1.29 is 23.9 Å². The van der Waals surface area contributed by atoms with Gasteiger partial charge in [-0.05, 0) is 18.9 Å². The van der Waals surface area contributed by atoms with Crippen LogP contribution in [0.5, 0.6) is 0 Å². The Morgan fingerprint density at radius 1 is 1.35 bits per heavy atom. The fourth-order valence-electron chi connectivity index (χ4n) is 2.66. The molecule has 0 aliphatic heterocycles. The summed E-state index contributed by atoms with van der Waals surface area (Å²) in [5.74, 6) is -1.69. The predicted molar refractivity (Wildman–Crippen MR) is 73.0 cm³/mol. The maximum Gasteiger partial charge on any atom is 0.302 e. The van der Waals surface area contributed by atoms with Crippen molar-refractivity contribution in [3.8, 4) is 0 Å². The number of ether oxygens (including phenoxy) is 2. The van der Waals surface area contributed by atoms with Crippen molar-refractivity contribution in [3.05, 3.63) is 12.2 Å². The van der Waals surface area contributed by atoms with Crippen molar-refractivity contribution in [1.82, 2.24) is 0 Å². The van der Waals surface area contributed by atoms with Gasteiger partial charge in [0.2, 0.25) is 0 Å². The first-order chi connectivity index (χ1) is 9.38. The zero-order chi connectivity index (χ0) is 15.3. The molecule has 0 heterocycles. The van der Waals surface area contributed by atoms with Gasteiger partial charge in [-0.25, -0.2) is 0 Å². The minimum atomic E-state index is -0.500. The van der Waals surface area contributed by atoms with Crippen LogP contribution in [0.25, 0.3) is 0 Å². The Hall–Kier alpha value is -1.49. The molecule has 0 spiro atoms. The lowest BCUT2D eigenvalue weighted by molar-refractivity contribution is -0.146. The lowest BCUT2D eigenvalue weighted by Gasteiger charge is -2.35. The monoisotopic (exact) mass is 282 g/mol. The molecule has 0 aromatic rings. The fourth-order valence-corrected chi connectivity index (χ4v) is 2.66. The van der Waals surface area contributed by atoms with Crippen LogP contribution in [0, 0.1) is 23.7 Å². The number of carbonyl (C=O) groups excluding carboxylic acids is 3. The molecule has 5 nitrogen and oxygen atoms in total. The molecule has 4 atom stereocenters. The number of ketones is 2. The summed E-state index contributed by atoms with van der Waals surface area (Å²) >= 11 is 0. The lowest BCUT2D eigenvalue weighted by Crippen LogP contribution is -2.42. The van der Waals surface area contributed by atoms with Crippen LogP contribution in [0.2, 0.25) is 0 Å². The molecule has 1 rings (SSSR count). The third-order valence-corrected chi connectivity index (χ3v) is 3.81. The van der Waals surface area contributed by atoms with Crippen LogP contribution in [0.15, 0.2) is 12.2 Å². The molecular formula is C15H22O5. The Morgan fingerprint density at radius 3 is 2.50 bits per heavy atom. The van der Waals surface area contributed by atoms with Crippen molar-refractivity contribution in [2.24, 2.45) is 23.7 Å². The van der Waals surface area contributed by atoms with Gasteiger partial charge in [-0.3, -0.25) is 14.4 Å². The second-order valence-corrected chi connectivity index (χ2v) is 5.29.